The third kappa shape index (κ3) is 3.16. The Bertz CT molecular complexity index is 768. The highest BCUT2D eigenvalue weighted by Gasteiger charge is 2.02. The molecular formula is C15H7Cl2N3. The quantitative estimate of drug-likeness (QED) is 0.767. The molecule has 0 heterocycles. The molecule has 0 N–H and O–H groups in total. The Morgan fingerprint density at radius 2 is 1.70 bits per heavy atom. The molecule has 0 aliphatic heterocycles. The lowest BCUT2D eigenvalue weighted by Gasteiger charge is -1.99. The van der Waals surface area contributed by atoms with Crippen LogP contribution in [0.5, 0.6) is 0 Å². The van der Waals surface area contributed by atoms with Crippen LogP contribution in [0.15, 0.2) is 41.4 Å². The molecule has 0 radical (unpaired) electrons. The number of hydrogen-bond acceptors (Lipinski definition) is 3. The summed E-state index contributed by atoms with van der Waals surface area (Å²) < 4.78 is 0. The number of benzene rings is 2. The fourth-order valence-electron chi connectivity index (χ4n) is 1.55. The Kier molecular flexibility index (Phi) is 4.38. The Hall–Kier alpha value is -2.33. The maximum atomic E-state index is 8.95. The molecule has 0 saturated heterocycles. The van der Waals surface area contributed by atoms with Crippen LogP contribution in [0.2, 0.25) is 10.0 Å². The first-order chi connectivity index (χ1) is 9.63. The van der Waals surface area contributed by atoms with Crippen molar-refractivity contribution in [2.75, 3.05) is 0 Å². The third-order valence-corrected chi connectivity index (χ3v) is 3.12. The van der Waals surface area contributed by atoms with Gasteiger partial charge in [-0.1, -0.05) is 29.3 Å². The molecule has 0 aromatic heterocycles. The molecule has 5 heteroatoms. The fraction of sp³-hybridized carbons (Fsp3) is 0. The number of nitriles is 2. The van der Waals surface area contributed by atoms with Gasteiger partial charge < -0.3 is 0 Å². The normalized spacial score (nSPS) is 10.2. The lowest BCUT2D eigenvalue weighted by atomic mass is 10.1. The van der Waals surface area contributed by atoms with Crippen molar-refractivity contribution in [2.24, 2.45) is 4.99 Å². The summed E-state index contributed by atoms with van der Waals surface area (Å²) >= 11 is 11.8. The average molecular weight is 300 g/mol. The second-order valence-corrected chi connectivity index (χ2v) is 4.72. The van der Waals surface area contributed by atoms with Crippen LogP contribution in [0.3, 0.4) is 0 Å². The minimum Gasteiger partial charge on any atom is -0.256 e. The molecule has 0 atom stereocenters. The van der Waals surface area contributed by atoms with Gasteiger partial charge >= 0.3 is 0 Å². The average Bonchev–Trinajstić information content (AvgIpc) is 2.46. The largest absolute Gasteiger partial charge is 0.256 e. The zero-order chi connectivity index (χ0) is 14.5. The molecule has 0 bridgehead atoms. The van der Waals surface area contributed by atoms with Crippen molar-refractivity contribution in [3.63, 3.8) is 0 Å². The second kappa shape index (κ2) is 6.21. The van der Waals surface area contributed by atoms with E-state index in [1.807, 2.05) is 12.1 Å². The first-order valence-corrected chi connectivity index (χ1v) is 6.33. The number of halogens is 2. The lowest BCUT2D eigenvalue weighted by molar-refractivity contribution is 1.41. The third-order valence-electron chi connectivity index (χ3n) is 2.56. The van der Waals surface area contributed by atoms with E-state index >= 15 is 0 Å². The van der Waals surface area contributed by atoms with Gasteiger partial charge in [0.1, 0.15) is 12.1 Å². The van der Waals surface area contributed by atoms with E-state index in [-0.39, 0.29) is 0 Å². The summed E-state index contributed by atoms with van der Waals surface area (Å²) in [6.07, 6.45) is 1.58. The van der Waals surface area contributed by atoms with Crippen molar-refractivity contribution in [1.82, 2.24) is 0 Å². The van der Waals surface area contributed by atoms with Crippen LogP contribution in [0, 0.1) is 22.7 Å². The maximum Gasteiger partial charge on any atom is 0.101 e. The summed E-state index contributed by atoms with van der Waals surface area (Å²) in [7, 11) is 0. The molecule has 2 aromatic carbocycles. The van der Waals surface area contributed by atoms with Crippen LogP contribution in [0.4, 0.5) is 5.69 Å². The van der Waals surface area contributed by atoms with E-state index < -0.39 is 0 Å². The highest BCUT2D eigenvalue weighted by Crippen LogP contribution is 2.21. The van der Waals surface area contributed by atoms with E-state index in [1.54, 1.807) is 42.6 Å². The Morgan fingerprint density at radius 3 is 2.35 bits per heavy atom. The standard InChI is InChI=1S/C15H7Cl2N3/c16-13-3-1-11(15(17)6-13)9-20-14-4-2-10(7-18)12(5-14)8-19/h1-6,9H. The molecule has 0 aliphatic rings. The summed E-state index contributed by atoms with van der Waals surface area (Å²) in [6.45, 7) is 0. The zero-order valence-electron chi connectivity index (χ0n) is 10.1. The van der Waals surface area contributed by atoms with E-state index in [1.165, 1.54) is 0 Å². The predicted octanol–water partition coefficient (Wildman–Crippen LogP) is 4.49. The van der Waals surface area contributed by atoms with Crippen molar-refractivity contribution in [3.8, 4) is 12.1 Å². The summed E-state index contributed by atoms with van der Waals surface area (Å²) in [4.78, 5) is 4.24. The minimum atomic E-state index is 0.296. The van der Waals surface area contributed by atoms with Gasteiger partial charge in [-0.05, 0) is 30.3 Å². The van der Waals surface area contributed by atoms with Crippen LogP contribution in [0.25, 0.3) is 0 Å². The molecule has 0 unspecified atom stereocenters. The lowest BCUT2D eigenvalue weighted by Crippen LogP contribution is -1.84. The fourth-order valence-corrected chi connectivity index (χ4v) is 2.01. The number of aliphatic imine (C=N–C) groups is 1. The minimum absolute atomic E-state index is 0.296. The van der Waals surface area contributed by atoms with E-state index in [0.29, 0.717) is 26.9 Å². The monoisotopic (exact) mass is 299 g/mol. The SMILES string of the molecule is N#Cc1ccc(N=Cc2ccc(Cl)cc2Cl)cc1C#N. The molecule has 3 nitrogen and oxygen atoms in total. The van der Waals surface area contributed by atoms with Gasteiger partial charge in [0.2, 0.25) is 0 Å². The summed E-state index contributed by atoms with van der Waals surface area (Å²) in [5.41, 5.74) is 1.92. The van der Waals surface area contributed by atoms with Gasteiger partial charge in [0, 0.05) is 16.8 Å². The van der Waals surface area contributed by atoms with E-state index in [9.17, 15) is 0 Å². The van der Waals surface area contributed by atoms with Gasteiger partial charge in [0.25, 0.3) is 0 Å². The summed E-state index contributed by atoms with van der Waals surface area (Å²) in [6, 6.07) is 13.8. The van der Waals surface area contributed by atoms with Crippen LogP contribution in [-0.4, -0.2) is 6.21 Å². The number of rotatable bonds is 2. The van der Waals surface area contributed by atoms with Gasteiger partial charge in [-0.3, -0.25) is 4.99 Å². The molecule has 2 rings (SSSR count). The highest BCUT2D eigenvalue weighted by molar-refractivity contribution is 6.36. The molecule has 0 aliphatic carbocycles. The van der Waals surface area contributed by atoms with Crippen molar-refractivity contribution < 1.29 is 0 Å². The summed E-state index contributed by atoms with van der Waals surface area (Å²) in [5.74, 6) is 0. The number of hydrogen-bond donors (Lipinski definition) is 0. The van der Waals surface area contributed by atoms with Gasteiger partial charge in [0.15, 0.2) is 0 Å². The Morgan fingerprint density at radius 1 is 0.950 bits per heavy atom. The maximum absolute atomic E-state index is 8.95. The molecule has 0 amide bonds. The molecule has 0 spiro atoms. The van der Waals surface area contributed by atoms with E-state index in [4.69, 9.17) is 33.7 Å². The van der Waals surface area contributed by atoms with Crippen molar-refractivity contribution >= 4 is 35.1 Å². The first-order valence-electron chi connectivity index (χ1n) is 5.57. The van der Waals surface area contributed by atoms with Gasteiger partial charge in [-0.15, -0.1) is 0 Å². The second-order valence-electron chi connectivity index (χ2n) is 3.88. The number of nitrogens with zero attached hydrogens (tertiary/aromatic N) is 3. The molecule has 96 valence electrons. The molecule has 0 fully saturated rings. The van der Waals surface area contributed by atoms with E-state index in [0.717, 1.165) is 5.56 Å². The van der Waals surface area contributed by atoms with Crippen molar-refractivity contribution in [1.29, 1.82) is 10.5 Å². The summed E-state index contributed by atoms with van der Waals surface area (Å²) in [5, 5.41) is 18.8. The van der Waals surface area contributed by atoms with Crippen LogP contribution in [0.1, 0.15) is 16.7 Å². The van der Waals surface area contributed by atoms with Gasteiger partial charge in [0.05, 0.1) is 21.8 Å². The molecule has 0 saturated carbocycles. The smallest absolute Gasteiger partial charge is 0.101 e. The van der Waals surface area contributed by atoms with Crippen molar-refractivity contribution in [3.05, 3.63) is 63.1 Å². The Balaban J connectivity index is 2.33. The topological polar surface area (TPSA) is 59.9 Å². The predicted molar refractivity (Wildman–Crippen MR) is 79.6 cm³/mol. The van der Waals surface area contributed by atoms with E-state index in [2.05, 4.69) is 4.99 Å². The van der Waals surface area contributed by atoms with Crippen LogP contribution in [-0.2, 0) is 0 Å². The first kappa shape index (κ1) is 14.1. The van der Waals surface area contributed by atoms with Gasteiger partial charge in [-0.2, -0.15) is 10.5 Å². The molecule has 2 aromatic rings. The molecular weight excluding hydrogens is 293 g/mol. The molecule has 20 heavy (non-hydrogen) atoms. The van der Waals surface area contributed by atoms with Gasteiger partial charge in [-0.25, -0.2) is 0 Å². The zero-order valence-corrected chi connectivity index (χ0v) is 11.7. The van der Waals surface area contributed by atoms with Crippen molar-refractivity contribution in [2.45, 2.75) is 0 Å². The van der Waals surface area contributed by atoms with Crippen LogP contribution >= 0.6 is 23.2 Å². The Labute approximate surface area is 126 Å². The van der Waals surface area contributed by atoms with Crippen LogP contribution < -0.4 is 0 Å². The highest BCUT2D eigenvalue weighted by atomic mass is 35.5.